The Balaban J connectivity index is 1.74. The van der Waals surface area contributed by atoms with E-state index in [-0.39, 0.29) is 37.2 Å². The highest BCUT2D eigenvalue weighted by Gasteiger charge is 2.24. The van der Waals surface area contributed by atoms with Crippen LogP contribution in [0.4, 0.5) is 4.79 Å². The van der Waals surface area contributed by atoms with Crippen LogP contribution >= 0.6 is 0 Å². The van der Waals surface area contributed by atoms with Gasteiger partial charge in [0.05, 0.1) is 12.3 Å². The number of piperidine rings is 1. The first-order valence-corrected chi connectivity index (χ1v) is 10.8. The van der Waals surface area contributed by atoms with Crippen molar-refractivity contribution in [2.45, 2.75) is 58.2 Å². The molecular formula is C23H31N3O7. The largest absolute Gasteiger partial charge is 0.480 e. The van der Waals surface area contributed by atoms with Crippen molar-refractivity contribution in [3.63, 3.8) is 0 Å². The number of likely N-dealkylation sites (tertiary alicyclic amines) is 1. The third kappa shape index (κ3) is 9.82. The maximum Gasteiger partial charge on any atom is 0.428 e. The number of carbonyl (C=O) groups is 4. The van der Waals surface area contributed by atoms with Crippen LogP contribution in [0.2, 0.25) is 0 Å². The molecule has 0 unspecified atom stereocenters. The number of ether oxygens (including phenoxy) is 2. The van der Waals surface area contributed by atoms with Gasteiger partial charge in [-0.25, -0.2) is 15.0 Å². The van der Waals surface area contributed by atoms with Gasteiger partial charge in [0, 0.05) is 31.5 Å². The van der Waals surface area contributed by atoms with Crippen LogP contribution in [0.5, 0.6) is 0 Å². The molecule has 10 nitrogen and oxygen atoms in total. The number of carbonyl (C=O) groups excluding carboxylic acids is 3. The minimum atomic E-state index is -1.01. The van der Waals surface area contributed by atoms with Crippen molar-refractivity contribution in [1.82, 2.24) is 10.3 Å². The van der Waals surface area contributed by atoms with Gasteiger partial charge in [-0.3, -0.25) is 9.59 Å². The monoisotopic (exact) mass is 461 g/mol. The second-order valence-corrected chi connectivity index (χ2v) is 8.70. The summed E-state index contributed by atoms with van der Waals surface area (Å²) in [6, 6.07) is 6.67. The summed E-state index contributed by atoms with van der Waals surface area (Å²) >= 11 is 0. The van der Waals surface area contributed by atoms with Gasteiger partial charge in [0.2, 0.25) is 5.91 Å². The number of nitrogens with one attached hydrogen (secondary N) is 1. The van der Waals surface area contributed by atoms with Crippen molar-refractivity contribution in [1.29, 1.82) is 0 Å². The number of hydrazone groups is 1. The van der Waals surface area contributed by atoms with E-state index in [2.05, 4.69) is 10.5 Å². The Labute approximate surface area is 192 Å². The highest BCUT2D eigenvalue weighted by molar-refractivity contribution is 5.98. The number of rotatable bonds is 9. The Morgan fingerprint density at radius 1 is 1.12 bits per heavy atom. The van der Waals surface area contributed by atoms with Crippen LogP contribution in [0.25, 0.3) is 0 Å². The Morgan fingerprint density at radius 3 is 2.33 bits per heavy atom. The highest BCUT2D eigenvalue weighted by Crippen LogP contribution is 2.16. The molecule has 0 atom stereocenters. The number of carboxylic acids is 1. The van der Waals surface area contributed by atoms with Crippen LogP contribution in [0.1, 0.15) is 62.4 Å². The highest BCUT2D eigenvalue weighted by atomic mass is 16.6. The topological polar surface area (TPSA) is 135 Å². The third-order valence-corrected chi connectivity index (χ3v) is 4.80. The summed E-state index contributed by atoms with van der Waals surface area (Å²) in [5, 5.41) is 12.5. The summed E-state index contributed by atoms with van der Waals surface area (Å²) in [6.07, 6.45) is 1.99. The first-order chi connectivity index (χ1) is 15.5. The number of Topliss-reactive ketones (excluding diaryl/α,β-unsaturated/α-hetero) is 1. The van der Waals surface area contributed by atoms with E-state index in [0.29, 0.717) is 37.1 Å². The Kier molecular flexibility index (Phi) is 9.53. The SMILES string of the molecule is CC(C)(C)OC(=O)NN=Cc1ccc(C(=O)CCC(=O)N2CCC(OCC(=O)O)CC2)cc1. The number of benzene rings is 1. The zero-order valence-corrected chi connectivity index (χ0v) is 19.2. The lowest BCUT2D eigenvalue weighted by molar-refractivity contribution is -0.146. The van der Waals surface area contributed by atoms with Crippen LogP contribution in [-0.4, -0.2) is 71.4 Å². The van der Waals surface area contributed by atoms with Crippen LogP contribution in [0, 0.1) is 0 Å². The minimum Gasteiger partial charge on any atom is -0.480 e. The smallest absolute Gasteiger partial charge is 0.428 e. The molecule has 0 bridgehead atoms. The second-order valence-electron chi connectivity index (χ2n) is 8.70. The maximum absolute atomic E-state index is 12.4. The van der Waals surface area contributed by atoms with Crippen molar-refractivity contribution >= 4 is 30.0 Å². The molecule has 33 heavy (non-hydrogen) atoms. The number of carboxylic acid groups (broad SMARTS) is 1. The van der Waals surface area contributed by atoms with Gasteiger partial charge in [0.15, 0.2) is 5.78 Å². The van der Waals surface area contributed by atoms with Crippen molar-refractivity contribution in [3.8, 4) is 0 Å². The first-order valence-electron chi connectivity index (χ1n) is 10.8. The molecular weight excluding hydrogens is 430 g/mol. The molecule has 0 aliphatic carbocycles. The summed E-state index contributed by atoms with van der Waals surface area (Å²) in [6.45, 7) is 5.90. The molecule has 1 aromatic rings. The van der Waals surface area contributed by atoms with Crippen molar-refractivity contribution < 1.29 is 33.8 Å². The molecule has 2 N–H and O–H groups in total. The van der Waals surface area contributed by atoms with Crippen molar-refractivity contribution in [3.05, 3.63) is 35.4 Å². The minimum absolute atomic E-state index is 0.0991. The standard InChI is InChI=1S/C23H31N3O7/c1-23(2,3)33-22(31)25-24-14-16-4-6-17(7-5-16)19(27)8-9-20(28)26-12-10-18(11-13-26)32-15-21(29)30/h4-7,14,18H,8-13,15H2,1-3H3,(H,25,31)(H,29,30). The van der Waals surface area contributed by atoms with E-state index in [4.69, 9.17) is 14.6 Å². The lowest BCUT2D eigenvalue weighted by Crippen LogP contribution is -2.41. The van der Waals surface area contributed by atoms with Gasteiger partial charge < -0.3 is 19.5 Å². The molecule has 0 spiro atoms. The molecule has 1 aromatic carbocycles. The Hall–Kier alpha value is -3.27. The predicted octanol–water partition coefficient (Wildman–Crippen LogP) is 2.60. The molecule has 1 aliphatic rings. The van der Waals surface area contributed by atoms with Crippen LogP contribution < -0.4 is 5.43 Å². The molecule has 1 saturated heterocycles. The molecule has 10 heteroatoms. The van der Waals surface area contributed by atoms with Gasteiger partial charge in [0.25, 0.3) is 0 Å². The zero-order chi connectivity index (χ0) is 24.4. The lowest BCUT2D eigenvalue weighted by Gasteiger charge is -2.31. The van der Waals surface area contributed by atoms with Gasteiger partial charge in [-0.1, -0.05) is 24.3 Å². The maximum atomic E-state index is 12.4. The van der Waals surface area contributed by atoms with Gasteiger partial charge in [-0.2, -0.15) is 5.10 Å². The van der Waals surface area contributed by atoms with E-state index in [1.54, 1.807) is 49.9 Å². The summed E-state index contributed by atoms with van der Waals surface area (Å²) in [4.78, 5) is 48.6. The van der Waals surface area contributed by atoms with E-state index in [9.17, 15) is 19.2 Å². The van der Waals surface area contributed by atoms with Gasteiger partial charge in [-0.05, 0) is 39.2 Å². The number of aliphatic carboxylic acids is 1. The van der Waals surface area contributed by atoms with E-state index in [1.165, 1.54) is 6.21 Å². The molecule has 2 amide bonds. The van der Waals surface area contributed by atoms with E-state index in [1.807, 2.05) is 0 Å². The van der Waals surface area contributed by atoms with Crippen LogP contribution in [0.15, 0.2) is 29.4 Å². The van der Waals surface area contributed by atoms with E-state index in [0.717, 1.165) is 0 Å². The fraction of sp³-hybridized carbons (Fsp3) is 0.522. The molecule has 0 aromatic heterocycles. The molecule has 1 heterocycles. The Morgan fingerprint density at radius 2 is 1.76 bits per heavy atom. The van der Waals surface area contributed by atoms with Crippen molar-refractivity contribution in [2.75, 3.05) is 19.7 Å². The summed E-state index contributed by atoms with van der Waals surface area (Å²) < 4.78 is 10.3. The molecule has 0 radical (unpaired) electrons. The number of ketones is 1. The first kappa shape index (κ1) is 26.0. The fourth-order valence-electron chi connectivity index (χ4n) is 3.20. The average Bonchev–Trinajstić information content (AvgIpc) is 2.75. The molecule has 1 aliphatic heterocycles. The summed E-state index contributed by atoms with van der Waals surface area (Å²) in [5.74, 6) is -1.25. The third-order valence-electron chi connectivity index (χ3n) is 4.80. The summed E-state index contributed by atoms with van der Waals surface area (Å²) in [5.41, 5.74) is 2.83. The average molecular weight is 462 g/mol. The van der Waals surface area contributed by atoms with Gasteiger partial charge in [-0.15, -0.1) is 0 Å². The quantitative estimate of drug-likeness (QED) is 0.328. The van der Waals surface area contributed by atoms with Crippen molar-refractivity contribution in [2.24, 2.45) is 5.10 Å². The summed E-state index contributed by atoms with van der Waals surface area (Å²) in [7, 11) is 0. The molecule has 180 valence electrons. The van der Waals surface area contributed by atoms with E-state index < -0.39 is 17.7 Å². The second kappa shape index (κ2) is 12.1. The van der Waals surface area contributed by atoms with Crippen LogP contribution in [-0.2, 0) is 19.1 Å². The number of hydrogen-bond acceptors (Lipinski definition) is 7. The van der Waals surface area contributed by atoms with Crippen LogP contribution in [0.3, 0.4) is 0 Å². The number of hydrogen-bond donors (Lipinski definition) is 2. The molecule has 0 saturated carbocycles. The van der Waals surface area contributed by atoms with E-state index >= 15 is 0 Å². The lowest BCUT2D eigenvalue weighted by atomic mass is 10.0. The molecule has 1 fully saturated rings. The number of amides is 2. The fourth-order valence-corrected chi connectivity index (χ4v) is 3.20. The van der Waals surface area contributed by atoms with Gasteiger partial charge in [0.1, 0.15) is 12.2 Å². The zero-order valence-electron chi connectivity index (χ0n) is 19.2. The number of nitrogens with zero attached hydrogens (tertiary/aromatic N) is 2. The Bertz CT molecular complexity index is 867. The molecule has 2 rings (SSSR count). The van der Waals surface area contributed by atoms with Gasteiger partial charge >= 0.3 is 12.1 Å². The normalized spacial score (nSPS) is 14.8. The predicted molar refractivity (Wildman–Crippen MR) is 120 cm³/mol.